The van der Waals surface area contributed by atoms with Crippen LogP contribution in [-0.4, -0.2) is 18.1 Å². The van der Waals surface area contributed by atoms with Crippen molar-refractivity contribution in [2.75, 3.05) is 7.11 Å². The normalized spacial score (nSPS) is 10.8. The van der Waals surface area contributed by atoms with Gasteiger partial charge in [-0.05, 0) is 55.3 Å². The number of methoxy groups -OCH3 is 1. The monoisotopic (exact) mass is 459 g/mol. The second-order valence-corrected chi connectivity index (χ2v) is 8.52. The molecule has 0 atom stereocenters. The first-order chi connectivity index (χ1) is 17.0. The van der Waals surface area contributed by atoms with Crippen molar-refractivity contribution < 1.29 is 14.3 Å². The number of carbonyl (C=O) groups excluding carboxylic acids is 1. The summed E-state index contributed by atoms with van der Waals surface area (Å²) in [5.74, 6) is 0.821. The molecule has 0 aliphatic heterocycles. The molecule has 0 aliphatic carbocycles. The minimum absolute atomic E-state index is 0.421. The van der Waals surface area contributed by atoms with Crippen LogP contribution in [0.5, 0.6) is 11.5 Å². The average molecular weight is 460 g/mol. The number of aromatic nitrogens is 1. The molecule has 0 bridgehead atoms. The van der Waals surface area contributed by atoms with Crippen LogP contribution in [0, 0.1) is 13.8 Å². The predicted molar refractivity (Wildman–Crippen MR) is 140 cm³/mol. The van der Waals surface area contributed by atoms with Gasteiger partial charge in [0.25, 0.3) is 0 Å². The highest BCUT2D eigenvalue weighted by Gasteiger charge is 2.19. The molecule has 0 saturated carbocycles. The van der Waals surface area contributed by atoms with Gasteiger partial charge in [0.1, 0.15) is 11.5 Å². The molecular weight excluding hydrogens is 434 g/mol. The van der Waals surface area contributed by atoms with Gasteiger partial charge < -0.3 is 9.47 Å². The van der Waals surface area contributed by atoms with Gasteiger partial charge in [0.15, 0.2) is 0 Å². The van der Waals surface area contributed by atoms with Crippen LogP contribution in [0.3, 0.4) is 0 Å². The first kappa shape index (κ1) is 22.4. The van der Waals surface area contributed by atoms with Gasteiger partial charge in [-0.3, -0.25) is 0 Å². The quantitative estimate of drug-likeness (QED) is 0.203. The Morgan fingerprint density at radius 3 is 2.31 bits per heavy atom. The number of hydrogen-bond acceptors (Lipinski definition) is 4. The lowest BCUT2D eigenvalue weighted by Crippen LogP contribution is -2.11. The van der Waals surface area contributed by atoms with Crippen LogP contribution >= 0.6 is 0 Å². The molecule has 0 spiro atoms. The maximum absolute atomic E-state index is 13.7. The summed E-state index contributed by atoms with van der Waals surface area (Å²) in [6, 6.07) is 31.0. The summed E-state index contributed by atoms with van der Waals surface area (Å²) in [7, 11) is 1.63. The zero-order valence-electron chi connectivity index (χ0n) is 19.9. The number of esters is 1. The Kier molecular flexibility index (Phi) is 6.02. The molecule has 35 heavy (non-hydrogen) atoms. The molecule has 1 heterocycles. The van der Waals surface area contributed by atoms with E-state index in [1.807, 2.05) is 105 Å². The zero-order chi connectivity index (χ0) is 24.4. The van der Waals surface area contributed by atoms with E-state index in [0.29, 0.717) is 17.0 Å². The molecule has 5 aromatic rings. The SMILES string of the molecule is COc1cccc(-c2cc(C(=O)Oc3ccccc3-c3ccccc3)c3cc(C)cc(C)c3n2)c1. The van der Waals surface area contributed by atoms with Crippen molar-refractivity contribution in [3.63, 3.8) is 0 Å². The fraction of sp³-hybridized carbons (Fsp3) is 0.0968. The number of hydrogen-bond donors (Lipinski definition) is 0. The minimum atomic E-state index is -0.421. The van der Waals surface area contributed by atoms with E-state index in [4.69, 9.17) is 14.5 Å². The molecule has 0 fully saturated rings. The lowest BCUT2D eigenvalue weighted by molar-refractivity contribution is 0.0737. The molecule has 0 aliphatic rings. The van der Waals surface area contributed by atoms with E-state index in [9.17, 15) is 4.79 Å². The summed E-state index contributed by atoms with van der Waals surface area (Å²) in [6.07, 6.45) is 0. The molecule has 4 aromatic carbocycles. The highest BCUT2D eigenvalue weighted by Crippen LogP contribution is 2.33. The predicted octanol–water partition coefficient (Wildman–Crippen LogP) is 7.41. The second-order valence-electron chi connectivity index (χ2n) is 8.52. The summed E-state index contributed by atoms with van der Waals surface area (Å²) in [6.45, 7) is 4.03. The maximum atomic E-state index is 13.7. The number of aryl methyl sites for hydroxylation is 2. The third kappa shape index (κ3) is 4.51. The van der Waals surface area contributed by atoms with Gasteiger partial charge in [0, 0.05) is 16.5 Å². The molecule has 1 aromatic heterocycles. The molecule has 0 radical (unpaired) electrons. The van der Waals surface area contributed by atoms with Crippen molar-refractivity contribution in [2.45, 2.75) is 13.8 Å². The molecule has 4 nitrogen and oxygen atoms in total. The van der Waals surface area contributed by atoms with Crippen molar-refractivity contribution in [3.8, 4) is 33.9 Å². The Hall–Kier alpha value is -4.44. The molecule has 0 N–H and O–H groups in total. The fourth-order valence-electron chi connectivity index (χ4n) is 4.35. The number of carbonyl (C=O) groups is 1. The lowest BCUT2D eigenvalue weighted by Gasteiger charge is -2.14. The van der Waals surface area contributed by atoms with Crippen LogP contribution in [0.4, 0.5) is 0 Å². The molecule has 0 unspecified atom stereocenters. The standard InChI is InChI=1S/C31H25NO3/c1-20-16-21(2)30-26(17-20)27(19-28(32-30)23-12-9-13-24(18-23)34-3)31(33)35-29-15-8-7-14-25(29)22-10-5-4-6-11-22/h4-19H,1-3H3. The van der Waals surface area contributed by atoms with E-state index < -0.39 is 5.97 Å². The molecule has 0 saturated heterocycles. The van der Waals surface area contributed by atoms with Gasteiger partial charge in [-0.15, -0.1) is 0 Å². The first-order valence-corrected chi connectivity index (χ1v) is 11.5. The molecule has 172 valence electrons. The summed E-state index contributed by atoms with van der Waals surface area (Å²) in [4.78, 5) is 18.6. The molecular formula is C31H25NO3. The van der Waals surface area contributed by atoms with Crippen molar-refractivity contribution in [1.82, 2.24) is 4.98 Å². The summed E-state index contributed by atoms with van der Waals surface area (Å²) < 4.78 is 11.4. The van der Waals surface area contributed by atoms with Crippen LogP contribution in [-0.2, 0) is 0 Å². The van der Waals surface area contributed by atoms with Gasteiger partial charge in [-0.25, -0.2) is 9.78 Å². The molecule has 0 amide bonds. The Labute approximate surface area is 204 Å². The lowest BCUT2D eigenvalue weighted by atomic mass is 9.99. The average Bonchev–Trinajstić information content (AvgIpc) is 2.89. The topological polar surface area (TPSA) is 48.4 Å². The number of rotatable bonds is 5. The Morgan fingerprint density at radius 2 is 1.51 bits per heavy atom. The largest absolute Gasteiger partial charge is 0.497 e. The van der Waals surface area contributed by atoms with E-state index in [-0.39, 0.29) is 0 Å². The Bertz CT molecular complexity index is 1540. The van der Waals surface area contributed by atoms with Gasteiger partial charge in [0.2, 0.25) is 0 Å². The number of pyridine rings is 1. The van der Waals surface area contributed by atoms with Crippen LogP contribution < -0.4 is 9.47 Å². The van der Waals surface area contributed by atoms with E-state index in [1.165, 1.54) is 0 Å². The van der Waals surface area contributed by atoms with Crippen molar-refractivity contribution >= 4 is 16.9 Å². The number of benzene rings is 4. The first-order valence-electron chi connectivity index (χ1n) is 11.5. The smallest absolute Gasteiger partial charge is 0.344 e. The third-order valence-corrected chi connectivity index (χ3v) is 6.01. The van der Waals surface area contributed by atoms with E-state index in [0.717, 1.165) is 44.5 Å². The van der Waals surface area contributed by atoms with Gasteiger partial charge in [-0.2, -0.15) is 0 Å². The van der Waals surface area contributed by atoms with Crippen LogP contribution in [0.2, 0.25) is 0 Å². The number of para-hydroxylation sites is 1. The number of ether oxygens (including phenoxy) is 2. The highest BCUT2D eigenvalue weighted by atomic mass is 16.5. The molecule has 4 heteroatoms. The number of fused-ring (bicyclic) bond motifs is 1. The highest BCUT2D eigenvalue weighted by molar-refractivity contribution is 6.06. The van der Waals surface area contributed by atoms with Gasteiger partial charge in [0.05, 0.1) is 23.9 Å². The Balaban J connectivity index is 1.64. The summed E-state index contributed by atoms with van der Waals surface area (Å²) in [5.41, 5.74) is 6.71. The van der Waals surface area contributed by atoms with Crippen molar-refractivity contribution in [3.05, 3.63) is 114 Å². The minimum Gasteiger partial charge on any atom is -0.497 e. The van der Waals surface area contributed by atoms with Crippen molar-refractivity contribution in [1.29, 1.82) is 0 Å². The zero-order valence-corrected chi connectivity index (χ0v) is 19.9. The van der Waals surface area contributed by atoms with Crippen LogP contribution in [0.1, 0.15) is 21.5 Å². The molecule has 5 rings (SSSR count). The summed E-state index contributed by atoms with van der Waals surface area (Å²) in [5, 5.41) is 0.774. The van der Waals surface area contributed by atoms with Crippen LogP contribution in [0.15, 0.2) is 97.1 Å². The summed E-state index contributed by atoms with van der Waals surface area (Å²) >= 11 is 0. The fourth-order valence-corrected chi connectivity index (χ4v) is 4.35. The van der Waals surface area contributed by atoms with Crippen molar-refractivity contribution in [2.24, 2.45) is 0 Å². The number of nitrogens with zero attached hydrogens (tertiary/aromatic N) is 1. The van der Waals surface area contributed by atoms with Gasteiger partial charge in [-0.1, -0.05) is 72.3 Å². The Morgan fingerprint density at radius 1 is 0.771 bits per heavy atom. The second kappa shape index (κ2) is 9.43. The third-order valence-electron chi connectivity index (χ3n) is 6.01. The van der Waals surface area contributed by atoms with E-state index in [1.54, 1.807) is 7.11 Å². The van der Waals surface area contributed by atoms with Gasteiger partial charge >= 0.3 is 5.97 Å². The maximum Gasteiger partial charge on any atom is 0.344 e. The van der Waals surface area contributed by atoms with E-state index in [2.05, 4.69) is 6.07 Å². The van der Waals surface area contributed by atoms with Crippen LogP contribution in [0.25, 0.3) is 33.3 Å². The van der Waals surface area contributed by atoms with E-state index >= 15 is 0 Å².